The number of non-ortho nitro benzene ring substituents is 1. The van der Waals surface area contributed by atoms with E-state index in [1.54, 1.807) is 6.07 Å². The number of nitrogens with zero attached hydrogens (tertiary/aromatic N) is 2. The van der Waals surface area contributed by atoms with E-state index >= 15 is 0 Å². The van der Waals surface area contributed by atoms with Gasteiger partial charge in [0, 0.05) is 28.9 Å². The number of rotatable bonds is 4. The normalized spacial score (nSPS) is 11.7. The SMILES string of the molecule is CC.Cc1cc(C(F)(C(F)(F)F)C(F)(F)F)cc(C)c1NC(=O)c1cc(C#N)cc([N+](=O)[O-])c1. The minimum absolute atomic E-state index is 0.226. The van der Waals surface area contributed by atoms with E-state index in [1.165, 1.54) is 0 Å². The van der Waals surface area contributed by atoms with Crippen molar-refractivity contribution < 1.29 is 40.5 Å². The molecule has 6 nitrogen and oxygen atoms in total. The summed E-state index contributed by atoms with van der Waals surface area (Å²) in [5.74, 6) is -1.03. The number of hydrogen-bond donors (Lipinski definition) is 1. The quantitative estimate of drug-likeness (QED) is 0.293. The van der Waals surface area contributed by atoms with Crippen molar-refractivity contribution >= 4 is 17.3 Å². The van der Waals surface area contributed by atoms with Gasteiger partial charge in [-0.1, -0.05) is 26.0 Å². The Kier molecular flexibility index (Phi) is 8.39. The van der Waals surface area contributed by atoms with Crippen molar-refractivity contribution in [2.75, 3.05) is 5.32 Å². The molecule has 0 saturated carbocycles. The summed E-state index contributed by atoms with van der Waals surface area (Å²) in [5.41, 5.74) is -9.40. The summed E-state index contributed by atoms with van der Waals surface area (Å²) in [7, 11) is 0. The number of aryl methyl sites for hydroxylation is 2. The Morgan fingerprint density at radius 2 is 1.41 bits per heavy atom. The number of amides is 1. The summed E-state index contributed by atoms with van der Waals surface area (Å²) in [6.45, 7) is 6.10. The lowest BCUT2D eigenvalue weighted by atomic mass is 9.90. The van der Waals surface area contributed by atoms with E-state index in [4.69, 9.17) is 5.26 Å². The van der Waals surface area contributed by atoms with Crippen molar-refractivity contribution in [2.45, 2.75) is 45.7 Å². The minimum Gasteiger partial charge on any atom is -0.321 e. The molecule has 1 amide bonds. The first-order valence-corrected chi connectivity index (χ1v) is 9.48. The fourth-order valence-corrected chi connectivity index (χ4v) is 2.95. The summed E-state index contributed by atoms with van der Waals surface area (Å²) in [5, 5.41) is 22.1. The summed E-state index contributed by atoms with van der Waals surface area (Å²) in [6, 6.07) is 4.95. The molecule has 2 aromatic carbocycles. The Bertz CT molecular complexity index is 1100. The Hall–Kier alpha value is -3.69. The second-order valence-corrected chi connectivity index (χ2v) is 6.73. The summed E-state index contributed by atoms with van der Waals surface area (Å²) >= 11 is 0. The number of alkyl halides is 7. The lowest BCUT2D eigenvalue weighted by Gasteiger charge is -2.31. The molecule has 0 radical (unpaired) electrons. The lowest BCUT2D eigenvalue weighted by molar-refractivity contribution is -0.384. The molecule has 2 rings (SSSR count). The molecule has 0 heterocycles. The third-order valence-electron chi connectivity index (χ3n) is 4.47. The van der Waals surface area contributed by atoms with Gasteiger partial charge >= 0.3 is 18.0 Å². The number of anilines is 1. The van der Waals surface area contributed by atoms with Crippen molar-refractivity contribution in [3.63, 3.8) is 0 Å². The van der Waals surface area contributed by atoms with Gasteiger partial charge in [-0.3, -0.25) is 14.9 Å². The van der Waals surface area contributed by atoms with Crippen LogP contribution in [0.1, 0.15) is 46.5 Å². The molecule has 1 N–H and O–H groups in total. The van der Waals surface area contributed by atoms with Crippen LogP contribution in [0.25, 0.3) is 0 Å². The Morgan fingerprint density at radius 1 is 0.941 bits per heavy atom. The van der Waals surface area contributed by atoms with E-state index in [1.807, 2.05) is 13.8 Å². The number of halogens is 7. The molecule has 0 aliphatic heterocycles. The van der Waals surface area contributed by atoms with E-state index in [0.717, 1.165) is 32.0 Å². The lowest BCUT2D eigenvalue weighted by Crippen LogP contribution is -2.50. The van der Waals surface area contributed by atoms with Crippen LogP contribution in [0.4, 0.5) is 42.1 Å². The Labute approximate surface area is 189 Å². The number of benzene rings is 2. The number of carbonyl (C=O) groups is 1. The molecule has 0 aliphatic rings. The average molecular weight is 493 g/mol. The van der Waals surface area contributed by atoms with Gasteiger partial charge in [0.2, 0.25) is 0 Å². The highest BCUT2D eigenvalue weighted by molar-refractivity contribution is 6.05. The minimum atomic E-state index is -6.30. The van der Waals surface area contributed by atoms with Crippen molar-refractivity contribution in [3.8, 4) is 6.07 Å². The van der Waals surface area contributed by atoms with Crippen LogP contribution in [0.15, 0.2) is 30.3 Å². The molecule has 0 unspecified atom stereocenters. The summed E-state index contributed by atoms with van der Waals surface area (Å²) in [4.78, 5) is 22.6. The van der Waals surface area contributed by atoms with Crippen LogP contribution in [-0.2, 0) is 5.67 Å². The van der Waals surface area contributed by atoms with Gasteiger partial charge in [-0.25, -0.2) is 4.39 Å². The van der Waals surface area contributed by atoms with Gasteiger partial charge in [-0.2, -0.15) is 31.6 Å². The molecule has 0 spiro atoms. The topological polar surface area (TPSA) is 96.0 Å². The Morgan fingerprint density at radius 3 is 1.79 bits per heavy atom. The van der Waals surface area contributed by atoms with Gasteiger partial charge in [0.05, 0.1) is 16.6 Å². The zero-order valence-electron chi connectivity index (χ0n) is 18.2. The highest BCUT2D eigenvalue weighted by atomic mass is 19.4. The zero-order valence-corrected chi connectivity index (χ0v) is 18.2. The number of nitrogens with one attached hydrogen (secondary N) is 1. The average Bonchev–Trinajstić information content (AvgIpc) is 2.74. The third-order valence-corrected chi connectivity index (χ3v) is 4.47. The second kappa shape index (κ2) is 10.1. The monoisotopic (exact) mass is 493 g/mol. The van der Waals surface area contributed by atoms with Gasteiger partial charge in [-0.05, 0) is 31.0 Å². The molecule has 0 aromatic heterocycles. The fourth-order valence-electron chi connectivity index (χ4n) is 2.95. The van der Waals surface area contributed by atoms with E-state index in [-0.39, 0.29) is 27.9 Å². The highest BCUT2D eigenvalue weighted by Gasteiger charge is 2.73. The van der Waals surface area contributed by atoms with E-state index in [9.17, 15) is 45.6 Å². The molecule has 184 valence electrons. The van der Waals surface area contributed by atoms with Gasteiger partial charge in [0.25, 0.3) is 11.6 Å². The largest absolute Gasteiger partial charge is 0.435 e. The predicted octanol–water partition coefficient (Wildman–Crippen LogP) is 6.65. The van der Waals surface area contributed by atoms with E-state index in [0.29, 0.717) is 12.1 Å². The van der Waals surface area contributed by atoms with Crippen LogP contribution in [0.5, 0.6) is 0 Å². The van der Waals surface area contributed by atoms with Crippen LogP contribution >= 0.6 is 0 Å². The molecule has 0 bridgehead atoms. The maximum absolute atomic E-state index is 14.3. The van der Waals surface area contributed by atoms with Gasteiger partial charge < -0.3 is 5.32 Å². The maximum Gasteiger partial charge on any atom is 0.435 e. The van der Waals surface area contributed by atoms with Crippen molar-refractivity contribution in [1.29, 1.82) is 5.26 Å². The molecule has 0 aliphatic carbocycles. The number of nitro benzene ring substituents is 1. The molecule has 0 atom stereocenters. The summed E-state index contributed by atoms with van der Waals surface area (Å²) < 4.78 is 92.4. The van der Waals surface area contributed by atoms with Gasteiger partial charge in [0.15, 0.2) is 0 Å². The third kappa shape index (κ3) is 5.44. The van der Waals surface area contributed by atoms with E-state index < -0.39 is 40.1 Å². The van der Waals surface area contributed by atoms with Crippen molar-refractivity contribution in [3.05, 3.63) is 68.3 Å². The van der Waals surface area contributed by atoms with Crippen LogP contribution in [0.2, 0.25) is 0 Å². The number of nitro groups is 1. The van der Waals surface area contributed by atoms with Crippen LogP contribution in [-0.4, -0.2) is 23.2 Å². The molecule has 0 fully saturated rings. The standard InChI is InChI=1S/C19H12F7N3O3.C2H6/c1-9-3-13(17(20,18(21,22)23)19(24,25)26)4-10(2)15(9)28-16(30)12-5-11(8-27)6-14(7-12)29(31)32;1-2/h3-7H,1-2H3,(H,28,30);1-2H3. The van der Waals surface area contributed by atoms with Crippen LogP contribution in [0, 0.1) is 35.3 Å². The molecular formula is C21H18F7N3O3. The zero-order chi connectivity index (χ0) is 26.6. The van der Waals surface area contributed by atoms with E-state index in [2.05, 4.69) is 5.32 Å². The molecule has 2 aromatic rings. The van der Waals surface area contributed by atoms with Crippen LogP contribution < -0.4 is 5.32 Å². The molecule has 13 heteroatoms. The Balaban J connectivity index is 0.00000281. The number of nitriles is 1. The maximum atomic E-state index is 14.3. The van der Waals surface area contributed by atoms with Gasteiger partial charge in [0.1, 0.15) is 0 Å². The molecular weight excluding hydrogens is 475 g/mol. The smallest absolute Gasteiger partial charge is 0.321 e. The first kappa shape index (κ1) is 28.3. The molecule has 34 heavy (non-hydrogen) atoms. The van der Waals surface area contributed by atoms with Crippen molar-refractivity contribution in [1.82, 2.24) is 0 Å². The summed E-state index contributed by atoms with van der Waals surface area (Å²) in [6.07, 6.45) is -12.6. The second-order valence-electron chi connectivity index (χ2n) is 6.73. The number of hydrogen-bond acceptors (Lipinski definition) is 4. The van der Waals surface area contributed by atoms with Crippen molar-refractivity contribution in [2.24, 2.45) is 0 Å². The number of carbonyl (C=O) groups excluding carboxylic acids is 1. The highest BCUT2D eigenvalue weighted by Crippen LogP contribution is 2.53. The first-order valence-electron chi connectivity index (χ1n) is 9.48. The predicted molar refractivity (Wildman–Crippen MR) is 108 cm³/mol. The fraction of sp³-hybridized carbons (Fsp3) is 0.333. The molecule has 0 saturated heterocycles. The van der Waals surface area contributed by atoms with Crippen LogP contribution in [0.3, 0.4) is 0 Å². The first-order chi connectivity index (χ1) is 15.5. The van der Waals surface area contributed by atoms with Gasteiger partial charge in [-0.15, -0.1) is 0 Å².